The molecule has 0 aromatic heterocycles. The monoisotopic (exact) mass is 345 g/mol. The highest BCUT2D eigenvalue weighted by molar-refractivity contribution is 5.98. The smallest absolute Gasteiger partial charge is 0.253 e. The molecule has 6 nitrogen and oxygen atoms in total. The normalized spacial score (nSPS) is 22.9. The van der Waals surface area contributed by atoms with Crippen LogP contribution >= 0.6 is 0 Å². The van der Waals surface area contributed by atoms with Crippen LogP contribution in [0.2, 0.25) is 0 Å². The number of anilines is 1. The summed E-state index contributed by atoms with van der Waals surface area (Å²) in [5.74, 6) is 0.724. The number of methoxy groups -OCH3 is 1. The van der Waals surface area contributed by atoms with Crippen molar-refractivity contribution >= 4 is 17.5 Å². The summed E-state index contributed by atoms with van der Waals surface area (Å²) in [5, 5.41) is 2.90. The third-order valence-electron chi connectivity index (χ3n) is 5.28. The van der Waals surface area contributed by atoms with E-state index in [-0.39, 0.29) is 23.8 Å². The van der Waals surface area contributed by atoms with Gasteiger partial charge < -0.3 is 20.7 Å². The number of nitrogens with zero attached hydrogens (tertiary/aromatic N) is 1. The van der Waals surface area contributed by atoms with Crippen LogP contribution < -0.4 is 15.8 Å². The van der Waals surface area contributed by atoms with Crippen LogP contribution in [0.3, 0.4) is 0 Å². The van der Waals surface area contributed by atoms with Crippen molar-refractivity contribution in [1.29, 1.82) is 0 Å². The van der Waals surface area contributed by atoms with E-state index in [2.05, 4.69) is 5.32 Å². The first-order chi connectivity index (χ1) is 12.1. The minimum Gasteiger partial charge on any atom is -0.495 e. The zero-order valence-corrected chi connectivity index (χ0v) is 14.8. The Kier molecular flexibility index (Phi) is 5.58. The molecule has 3 N–H and O–H groups in total. The van der Waals surface area contributed by atoms with Gasteiger partial charge >= 0.3 is 0 Å². The fourth-order valence-electron chi connectivity index (χ4n) is 3.80. The Balaban J connectivity index is 1.71. The van der Waals surface area contributed by atoms with E-state index in [0.29, 0.717) is 23.4 Å². The number of carbonyl (C=O) groups is 2. The number of hydrogen-bond donors (Lipinski definition) is 2. The van der Waals surface area contributed by atoms with Crippen molar-refractivity contribution < 1.29 is 14.3 Å². The van der Waals surface area contributed by atoms with Gasteiger partial charge in [-0.3, -0.25) is 9.59 Å². The molecule has 0 spiro atoms. The number of nitrogens with one attached hydrogen (secondary N) is 1. The lowest BCUT2D eigenvalue weighted by atomic mass is 10.00. The van der Waals surface area contributed by atoms with Crippen molar-refractivity contribution in [3.8, 4) is 5.75 Å². The first kappa shape index (κ1) is 17.7. The maximum Gasteiger partial charge on any atom is 0.253 e. The summed E-state index contributed by atoms with van der Waals surface area (Å²) in [4.78, 5) is 26.8. The van der Waals surface area contributed by atoms with Crippen molar-refractivity contribution in [2.24, 2.45) is 11.7 Å². The van der Waals surface area contributed by atoms with Crippen molar-refractivity contribution in [2.75, 3.05) is 25.5 Å². The molecule has 25 heavy (non-hydrogen) atoms. The number of likely N-dealkylation sites (tertiary alicyclic amines) is 1. The minimum atomic E-state index is -0.0774. The number of nitrogens with two attached hydrogens (primary N) is 1. The number of rotatable bonds is 5. The highest BCUT2D eigenvalue weighted by Crippen LogP contribution is 2.30. The van der Waals surface area contributed by atoms with E-state index in [9.17, 15) is 9.59 Å². The lowest BCUT2D eigenvalue weighted by Crippen LogP contribution is -2.29. The zero-order chi connectivity index (χ0) is 17.8. The number of amides is 2. The van der Waals surface area contributed by atoms with Gasteiger partial charge in [-0.15, -0.1) is 0 Å². The third kappa shape index (κ3) is 4.12. The molecule has 1 saturated heterocycles. The maximum absolute atomic E-state index is 12.6. The van der Waals surface area contributed by atoms with E-state index >= 15 is 0 Å². The van der Waals surface area contributed by atoms with Gasteiger partial charge in [-0.25, -0.2) is 0 Å². The van der Waals surface area contributed by atoms with E-state index in [0.717, 1.165) is 45.2 Å². The molecule has 3 rings (SSSR count). The Labute approximate surface area is 148 Å². The van der Waals surface area contributed by atoms with Gasteiger partial charge in [-0.05, 0) is 49.8 Å². The standard InChI is InChI=1S/C19H27N3O3/c1-25-17-8-7-14(19(24)22-9-2-3-10-22)11-16(17)21-18(23)12-13-5-4-6-15(13)20/h7-8,11,13,15H,2-6,9-10,12,20H2,1H3,(H,21,23)/t13-,15+/m0/s1. The molecule has 2 amide bonds. The quantitative estimate of drug-likeness (QED) is 0.858. The van der Waals surface area contributed by atoms with Crippen LogP contribution in [-0.4, -0.2) is 43.0 Å². The molecule has 0 radical (unpaired) electrons. The molecular weight excluding hydrogens is 318 g/mol. The van der Waals surface area contributed by atoms with Gasteiger partial charge in [-0.1, -0.05) is 6.42 Å². The van der Waals surface area contributed by atoms with Crippen molar-refractivity contribution in [3.05, 3.63) is 23.8 Å². The molecule has 1 saturated carbocycles. The van der Waals surface area contributed by atoms with Crippen molar-refractivity contribution in [1.82, 2.24) is 4.90 Å². The molecule has 1 aliphatic carbocycles. The zero-order valence-electron chi connectivity index (χ0n) is 14.8. The van der Waals surface area contributed by atoms with Gasteiger partial charge in [0.25, 0.3) is 5.91 Å². The summed E-state index contributed by atoms with van der Waals surface area (Å²) in [5.41, 5.74) is 7.18. The Morgan fingerprint density at radius 2 is 2.00 bits per heavy atom. The molecular formula is C19H27N3O3. The van der Waals surface area contributed by atoms with Gasteiger partial charge in [0.05, 0.1) is 12.8 Å². The summed E-state index contributed by atoms with van der Waals surface area (Å²) < 4.78 is 5.33. The highest BCUT2D eigenvalue weighted by Gasteiger charge is 2.26. The molecule has 0 bridgehead atoms. The minimum absolute atomic E-state index is 0.00784. The van der Waals surface area contributed by atoms with Gasteiger partial charge in [0.1, 0.15) is 5.75 Å². The number of benzene rings is 1. The summed E-state index contributed by atoms with van der Waals surface area (Å²) in [6, 6.07) is 5.31. The van der Waals surface area contributed by atoms with Gasteiger partial charge in [-0.2, -0.15) is 0 Å². The predicted molar refractivity (Wildman–Crippen MR) is 96.7 cm³/mol. The predicted octanol–water partition coefficient (Wildman–Crippen LogP) is 2.39. The second-order valence-corrected chi connectivity index (χ2v) is 7.02. The van der Waals surface area contributed by atoms with Crippen LogP contribution in [0.15, 0.2) is 18.2 Å². The lowest BCUT2D eigenvalue weighted by Gasteiger charge is -2.18. The summed E-state index contributed by atoms with van der Waals surface area (Å²) in [6.07, 6.45) is 5.58. The topological polar surface area (TPSA) is 84.7 Å². The first-order valence-electron chi connectivity index (χ1n) is 9.11. The number of hydrogen-bond acceptors (Lipinski definition) is 4. The largest absolute Gasteiger partial charge is 0.495 e. The summed E-state index contributed by atoms with van der Waals surface area (Å²) >= 11 is 0. The highest BCUT2D eigenvalue weighted by atomic mass is 16.5. The molecule has 2 aliphatic rings. The van der Waals surface area contributed by atoms with E-state index in [4.69, 9.17) is 10.5 Å². The third-order valence-corrected chi connectivity index (χ3v) is 5.28. The molecule has 136 valence electrons. The van der Waals surface area contributed by atoms with Crippen molar-refractivity contribution in [3.63, 3.8) is 0 Å². The molecule has 2 fully saturated rings. The molecule has 1 aromatic carbocycles. The fraction of sp³-hybridized carbons (Fsp3) is 0.579. The first-order valence-corrected chi connectivity index (χ1v) is 9.11. The fourth-order valence-corrected chi connectivity index (χ4v) is 3.80. The van der Waals surface area contributed by atoms with Crippen LogP contribution in [0.25, 0.3) is 0 Å². The molecule has 1 aliphatic heterocycles. The second-order valence-electron chi connectivity index (χ2n) is 7.02. The van der Waals surface area contributed by atoms with Crippen LogP contribution in [0, 0.1) is 5.92 Å². The Hall–Kier alpha value is -2.08. The van der Waals surface area contributed by atoms with Crippen LogP contribution in [-0.2, 0) is 4.79 Å². The van der Waals surface area contributed by atoms with Crippen LogP contribution in [0.1, 0.15) is 48.9 Å². The lowest BCUT2D eigenvalue weighted by molar-refractivity contribution is -0.117. The van der Waals surface area contributed by atoms with Crippen LogP contribution in [0.5, 0.6) is 5.75 Å². The molecule has 1 aromatic rings. The maximum atomic E-state index is 12.6. The van der Waals surface area contributed by atoms with Gasteiger partial charge in [0.2, 0.25) is 5.91 Å². The van der Waals surface area contributed by atoms with E-state index < -0.39 is 0 Å². The molecule has 1 heterocycles. The van der Waals surface area contributed by atoms with Gasteiger partial charge in [0, 0.05) is 31.1 Å². The van der Waals surface area contributed by atoms with Crippen molar-refractivity contribution in [2.45, 2.75) is 44.6 Å². The summed E-state index contributed by atoms with van der Waals surface area (Å²) in [6.45, 7) is 1.60. The van der Waals surface area contributed by atoms with Crippen LogP contribution in [0.4, 0.5) is 5.69 Å². The molecule has 2 atom stereocenters. The van der Waals surface area contributed by atoms with E-state index in [1.54, 1.807) is 25.3 Å². The Bertz CT molecular complexity index is 641. The Morgan fingerprint density at radius 3 is 2.64 bits per heavy atom. The average Bonchev–Trinajstić information content (AvgIpc) is 3.27. The SMILES string of the molecule is COc1ccc(C(=O)N2CCCC2)cc1NC(=O)C[C@@H]1CCC[C@H]1N. The summed E-state index contributed by atoms with van der Waals surface area (Å²) in [7, 11) is 1.56. The molecule has 0 unspecified atom stereocenters. The molecule has 6 heteroatoms. The number of ether oxygens (including phenoxy) is 1. The second kappa shape index (κ2) is 7.87. The average molecular weight is 345 g/mol. The van der Waals surface area contributed by atoms with E-state index in [1.807, 2.05) is 4.90 Å². The number of carbonyl (C=O) groups excluding carboxylic acids is 2. The van der Waals surface area contributed by atoms with Gasteiger partial charge in [0.15, 0.2) is 0 Å². The van der Waals surface area contributed by atoms with E-state index in [1.165, 1.54) is 0 Å². The Morgan fingerprint density at radius 1 is 1.24 bits per heavy atom.